The molecule has 3 rings (SSSR count). The van der Waals surface area contributed by atoms with Crippen molar-refractivity contribution in [3.63, 3.8) is 0 Å². The molecule has 7 nitrogen and oxygen atoms in total. The summed E-state index contributed by atoms with van der Waals surface area (Å²) in [6.07, 6.45) is 2.10. The van der Waals surface area contributed by atoms with Crippen molar-refractivity contribution in [2.75, 3.05) is 18.9 Å². The van der Waals surface area contributed by atoms with E-state index in [1.165, 1.54) is 0 Å². The summed E-state index contributed by atoms with van der Waals surface area (Å²) in [6.45, 7) is 4.71. The van der Waals surface area contributed by atoms with Crippen LogP contribution in [0.4, 0.5) is 10.5 Å². The number of rotatable bonds is 5. The first kappa shape index (κ1) is 20.2. The lowest BCUT2D eigenvalue weighted by Gasteiger charge is -2.28. The fourth-order valence-corrected chi connectivity index (χ4v) is 3.59. The van der Waals surface area contributed by atoms with Gasteiger partial charge in [0.25, 0.3) is 0 Å². The van der Waals surface area contributed by atoms with Crippen LogP contribution in [0.1, 0.15) is 36.8 Å². The molecule has 1 fully saturated rings. The number of anilines is 1. The lowest BCUT2D eigenvalue weighted by molar-refractivity contribution is -0.134. The molecule has 0 aliphatic carbocycles. The number of hydrogen-bond donors (Lipinski definition) is 1. The summed E-state index contributed by atoms with van der Waals surface area (Å²) in [6, 6.07) is 6.63. The van der Waals surface area contributed by atoms with Crippen molar-refractivity contribution in [2.24, 2.45) is 0 Å². The van der Waals surface area contributed by atoms with Gasteiger partial charge >= 0.3 is 6.03 Å². The van der Waals surface area contributed by atoms with Gasteiger partial charge in [0.1, 0.15) is 17.4 Å². The third-order valence-corrected chi connectivity index (χ3v) is 5.26. The van der Waals surface area contributed by atoms with Gasteiger partial charge in [-0.1, -0.05) is 35.8 Å². The van der Waals surface area contributed by atoms with Crippen LogP contribution in [0.25, 0.3) is 0 Å². The van der Waals surface area contributed by atoms with Crippen LogP contribution in [-0.4, -0.2) is 46.5 Å². The molecule has 1 atom stereocenters. The number of halogens is 1. The summed E-state index contributed by atoms with van der Waals surface area (Å²) in [5.74, 6) is 0.493. The number of aryl methyl sites for hydroxylation is 2. The predicted molar refractivity (Wildman–Crippen MR) is 107 cm³/mol. The largest absolute Gasteiger partial charge is 0.359 e. The minimum atomic E-state index is -0.470. The Bertz CT molecular complexity index is 850. The van der Waals surface area contributed by atoms with E-state index in [0.29, 0.717) is 48.1 Å². The summed E-state index contributed by atoms with van der Waals surface area (Å²) < 4.78 is 5.17. The number of nitrogens with one attached hydrogen (secondary N) is 1. The molecular weight excluding hydrogens is 380 g/mol. The van der Waals surface area contributed by atoms with Gasteiger partial charge in [0.15, 0.2) is 5.76 Å². The standard InChI is InChI=1S/C20H25ClN4O3/c1-4-16-18(13(2)28-23-16)22-20(27)25-11-5-6-17(25)19(26)24(3)12-14-7-9-15(21)10-8-14/h7-10,17H,4-6,11-12H2,1-3H3,(H,22,27). The molecule has 8 heteroatoms. The first-order valence-corrected chi connectivity index (χ1v) is 9.80. The first-order valence-electron chi connectivity index (χ1n) is 9.43. The highest BCUT2D eigenvalue weighted by Crippen LogP contribution is 2.24. The molecule has 150 valence electrons. The number of likely N-dealkylation sites (N-methyl/N-ethyl adjacent to an activating group) is 1. The van der Waals surface area contributed by atoms with Crippen molar-refractivity contribution >= 4 is 29.2 Å². The van der Waals surface area contributed by atoms with Crippen molar-refractivity contribution in [1.29, 1.82) is 0 Å². The number of aromatic nitrogens is 1. The Morgan fingerprint density at radius 3 is 2.75 bits per heavy atom. The SMILES string of the molecule is CCc1noc(C)c1NC(=O)N1CCCC1C(=O)N(C)Cc1ccc(Cl)cc1. The van der Waals surface area contributed by atoms with E-state index < -0.39 is 6.04 Å². The highest BCUT2D eigenvalue weighted by molar-refractivity contribution is 6.30. The Hall–Kier alpha value is -2.54. The van der Waals surface area contributed by atoms with E-state index in [2.05, 4.69) is 10.5 Å². The van der Waals surface area contributed by atoms with Gasteiger partial charge in [0, 0.05) is 25.2 Å². The second-order valence-electron chi connectivity index (χ2n) is 7.02. The Morgan fingerprint density at radius 1 is 1.36 bits per heavy atom. The molecule has 1 unspecified atom stereocenters. The van der Waals surface area contributed by atoms with Crippen molar-refractivity contribution in [2.45, 2.75) is 45.7 Å². The average Bonchev–Trinajstić information content (AvgIpc) is 3.30. The fourth-order valence-electron chi connectivity index (χ4n) is 3.46. The maximum absolute atomic E-state index is 13.0. The van der Waals surface area contributed by atoms with E-state index in [1.54, 1.807) is 35.9 Å². The van der Waals surface area contributed by atoms with E-state index in [4.69, 9.17) is 16.1 Å². The monoisotopic (exact) mass is 404 g/mol. The smallest absolute Gasteiger partial charge is 0.322 e. The highest BCUT2D eigenvalue weighted by Gasteiger charge is 2.36. The van der Waals surface area contributed by atoms with Crippen LogP contribution < -0.4 is 5.32 Å². The molecule has 0 bridgehead atoms. The molecular formula is C20H25ClN4O3. The van der Waals surface area contributed by atoms with Gasteiger partial charge in [-0.05, 0) is 43.9 Å². The van der Waals surface area contributed by atoms with Crippen molar-refractivity contribution in [3.8, 4) is 0 Å². The molecule has 1 saturated heterocycles. The molecule has 1 aromatic heterocycles. The number of benzene rings is 1. The Labute approximate surface area is 169 Å². The molecule has 1 aliphatic heterocycles. The lowest BCUT2D eigenvalue weighted by Crippen LogP contribution is -2.47. The van der Waals surface area contributed by atoms with Crippen LogP contribution in [0, 0.1) is 6.92 Å². The summed E-state index contributed by atoms with van der Waals surface area (Å²) in [5.41, 5.74) is 2.29. The molecule has 0 spiro atoms. The maximum Gasteiger partial charge on any atom is 0.322 e. The van der Waals surface area contributed by atoms with Crippen molar-refractivity contribution < 1.29 is 14.1 Å². The number of carbonyl (C=O) groups excluding carboxylic acids is 2. The Balaban J connectivity index is 1.67. The van der Waals surface area contributed by atoms with Gasteiger partial charge in [-0.2, -0.15) is 0 Å². The van der Waals surface area contributed by atoms with Gasteiger partial charge < -0.3 is 19.6 Å². The van der Waals surface area contributed by atoms with E-state index in [9.17, 15) is 9.59 Å². The maximum atomic E-state index is 13.0. The van der Waals surface area contributed by atoms with Crippen molar-refractivity contribution in [3.05, 3.63) is 46.3 Å². The zero-order chi connectivity index (χ0) is 20.3. The minimum absolute atomic E-state index is 0.0691. The fraction of sp³-hybridized carbons (Fsp3) is 0.450. The summed E-state index contributed by atoms with van der Waals surface area (Å²) in [4.78, 5) is 29.1. The Morgan fingerprint density at radius 2 is 2.07 bits per heavy atom. The third kappa shape index (κ3) is 4.30. The van der Waals surface area contributed by atoms with E-state index in [0.717, 1.165) is 12.0 Å². The van der Waals surface area contributed by atoms with Crippen LogP contribution in [0.2, 0.25) is 5.02 Å². The molecule has 2 heterocycles. The molecule has 1 aliphatic rings. The molecule has 0 saturated carbocycles. The third-order valence-electron chi connectivity index (χ3n) is 5.01. The zero-order valence-electron chi connectivity index (χ0n) is 16.4. The number of hydrogen-bond acceptors (Lipinski definition) is 4. The number of likely N-dealkylation sites (tertiary alicyclic amines) is 1. The molecule has 28 heavy (non-hydrogen) atoms. The number of amides is 3. The second kappa shape index (κ2) is 8.65. The van der Waals surface area contributed by atoms with Crippen LogP contribution in [0.5, 0.6) is 0 Å². The van der Waals surface area contributed by atoms with Crippen molar-refractivity contribution in [1.82, 2.24) is 15.0 Å². The van der Waals surface area contributed by atoms with Crippen LogP contribution >= 0.6 is 11.6 Å². The summed E-state index contributed by atoms with van der Waals surface area (Å²) in [7, 11) is 1.75. The van der Waals surface area contributed by atoms with E-state index in [-0.39, 0.29) is 11.9 Å². The average molecular weight is 405 g/mol. The highest BCUT2D eigenvalue weighted by atomic mass is 35.5. The van der Waals surface area contributed by atoms with Gasteiger partial charge in [-0.3, -0.25) is 4.79 Å². The molecule has 1 N–H and O–H groups in total. The number of nitrogens with zero attached hydrogens (tertiary/aromatic N) is 3. The summed E-state index contributed by atoms with van der Waals surface area (Å²) in [5, 5.41) is 7.49. The predicted octanol–water partition coefficient (Wildman–Crippen LogP) is 3.85. The van der Waals surface area contributed by atoms with E-state index >= 15 is 0 Å². The number of urea groups is 1. The van der Waals surface area contributed by atoms with Gasteiger partial charge in [-0.15, -0.1) is 0 Å². The van der Waals surface area contributed by atoms with Crippen LogP contribution in [0.3, 0.4) is 0 Å². The minimum Gasteiger partial charge on any atom is -0.359 e. The molecule has 2 aromatic rings. The topological polar surface area (TPSA) is 78.7 Å². The zero-order valence-corrected chi connectivity index (χ0v) is 17.1. The molecule has 3 amide bonds. The normalized spacial score (nSPS) is 16.3. The summed E-state index contributed by atoms with van der Waals surface area (Å²) >= 11 is 5.92. The Kier molecular flexibility index (Phi) is 6.24. The first-order chi connectivity index (χ1) is 13.4. The molecule has 1 aromatic carbocycles. The van der Waals surface area contributed by atoms with Crippen LogP contribution in [0.15, 0.2) is 28.8 Å². The van der Waals surface area contributed by atoms with Gasteiger partial charge in [0.05, 0.1) is 0 Å². The number of carbonyl (C=O) groups is 2. The molecule has 0 radical (unpaired) electrons. The van der Waals surface area contributed by atoms with E-state index in [1.807, 2.05) is 19.1 Å². The lowest BCUT2D eigenvalue weighted by atomic mass is 10.1. The van der Waals surface area contributed by atoms with Gasteiger partial charge in [-0.25, -0.2) is 4.79 Å². The van der Waals surface area contributed by atoms with Crippen LogP contribution in [-0.2, 0) is 17.8 Å². The van der Waals surface area contributed by atoms with Gasteiger partial charge in [0.2, 0.25) is 5.91 Å². The quantitative estimate of drug-likeness (QED) is 0.820. The second-order valence-corrected chi connectivity index (χ2v) is 7.45.